The third kappa shape index (κ3) is 2.09. The van der Waals surface area contributed by atoms with Gasteiger partial charge in [-0.1, -0.05) is 24.3 Å². The van der Waals surface area contributed by atoms with E-state index in [0.29, 0.717) is 16.7 Å². The van der Waals surface area contributed by atoms with Gasteiger partial charge in [0.15, 0.2) is 0 Å². The van der Waals surface area contributed by atoms with Crippen LogP contribution in [-0.2, 0) is 6.61 Å². The predicted octanol–water partition coefficient (Wildman–Crippen LogP) is 3.12. The average molecular weight is 220 g/mol. The van der Waals surface area contributed by atoms with Gasteiger partial charge in [-0.15, -0.1) is 0 Å². The fourth-order valence-electron chi connectivity index (χ4n) is 1.65. The van der Waals surface area contributed by atoms with Crippen molar-refractivity contribution in [3.8, 4) is 11.1 Å². The maximum atomic E-state index is 13.0. The second kappa shape index (κ2) is 4.41. The summed E-state index contributed by atoms with van der Waals surface area (Å²) < 4.78 is 26.1. The molecule has 0 atom stereocenters. The molecule has 0 fully saturated rings. The minimum absolute atomic E-state index is 0.158. The van der Waals surface area contributed by atoms with E-state index in [1.165, 1.54) is 12.1 Å². The van der Waals surface area contributed by atoms with Crippen LogP contribution >= 0.6 is 0 Å². The molecule has 0 heterocycles. The first kappa shape index (κ1) is 10.8. The number of halogens is 2. The minimum atomic E-state index is -0.622. The first-order valence-corrected chi connectivity index (χ1v) is 4.86. The minimum Gasteiger partial charge on any atom is -0.392 e. The molecule has 0 radical (unpaired) electrons. The molecule has 1 N–H and O–H groups in total. The Hall–Kier alpha value is -1.74. The molecular weight excluding hydrogens is 210 g/mol. The molecule has 0 spiro atoms. The first-order valence-electron chi connectivity index (χ1n) is 4.86. The largest absolute Gasteiger partial charge is 0.392 e. The molecule has 0 aliphatic rings. The molecule has 0 aromatic heterocycles. The van der Waals surface area contributed by atoms with Gasteiger partial charge < -0.3 is 5.11 Å². The molecule has 1 nitrogen and oxygen atoms in total. The number of aliphatic hydroxyl groups is 1. The third-order valence-electron chi connectivity index (χ3n) is 2.36. The van der Waals surface area contributed by atoms with Crippen LogP contribution in [0, 0.1) is 11.6 Å². The summed E-state index contributed by atoms with van der Waals surface area (Å²) in [6, 6.07) is 10.3. The summed E-state index contributed by atoms with van der Waals surface area (Å²) in [4.78, 5) is 0. The van der Waals surface area contributed by atoms with Crippen LogP contribution < -0.4 is 0 Å². The van der Waals surface area contributed by atoms with Gasteiger partial charge in [0.25, 0.3) is 0 Å². The van der Waals surface area contributed by atoms with E-state index in [0.717, 1.165) is 6.07 Å². The fraction of sp³-hybridized carbons (Fsp3) is 0.0769. The van der Waals surface area contributed by atoms with Crippen molar-refractivity contribution >= 4 is 0 Å². The highest BCUT2D eigenvalue weighted by Gasteiger charge is 2.06. The zero-order chi connectivity index (χ0) is 11.5. The molecule has 2 rings (SSSR count). The Balaban J connectivity index is 2.58. The molecule has 0 amide bonds. The molecule has 0 aliphatic heterocycles. The molecule has 0 unspecified atom stereocenters. The summed E-state index contributed by atoms with van der Waals surface area (Å²) in [7, 11) is 0. The maximum absolute atomic E-state index is 13.0. The fourth-order valence-corrected chi connectivity index (χ4v) is 1.65. The van der Waals surface area contributed by atoms with Crippen molar-refractivity contribution in [1.82, 2.24) is 0 Å². The lowest BCUT2D eigenvalue weighted by Crippen LogP contribution is -1.90. The van der Waals surface area contributed by atoms with E-state index in [9.17, 15) is 8.78 Å². The van der Waals surface area contributed by atoms with Crippen LogP contribution in [0.3, 0.4) is 0 Å². The predicted molar refractivity (Wildman–Crippen MR) is 57.7 cm³/mol. The molecule has 3 heteroatoms. The lowest BCUT2D eigenvalue weighted by Gasteiger charge is -2.07. The Morgan fingerprint density at radius 1 is 0.938 bits per heavy atom. The van der Waals surface area contributed by atoms with Crippen molar-refractivity contribution in [3.05, 3.63) is 59.7 Å². The van der Waals surface area contributed by atoms with E-state index in [1.807, 2.05) is 0 Å². The molecule has 16 heavy (non-hydrogen) atoms. The molecule has 2 aromatic rings. The summed E-state index contributed by atoms with van der Waals surface area (Å²) in [6.07, 6.45) is 0. The molecule has 0 saturated heterocycles. The Bertz CT molecular complexity index is 489. The number of aliphatic hydroxyl groups excluding tert-OH is 1. The quantitative estimate of drug-likeness (QED) is 0.824. The van der Waals surface area contributed by atoms with Gasteiger partial charge in [0, 0.05) is 6.07 Å². The Kier molecular flexibility index (Phi) is 2.97. The van der Waals surface area contributed by atoms with Crippen molar-refractivity contribution in [2.75, 3.05) is 0 Å². The van der Waals surface area contributed by atoms with Crippen LogP contribution in [0.1, 0.15) is 5.56 Å². The van der Waals surface area contributed by atoms with Crippen molar-refractivity contribution in [2.45, 2.75) is 6.61 Å². The van der Waals surface area contributed by atoms with Crippen LogP contribution in [0.2, 0.25) is 0 Å². The van der Waals surface area contributed by atoms with Crippen molar-refractivity contribution in [1.29, 1.82) is 0 Å². The standard InChI is InChI=1S/C13H10F2O/c14-11-5-10(6-12(15)7-11)13-4-2-1-3-9(13)8-16/h1-7,16H,8H2. The van der Waals surface area contributed by atoms with E-state index >= 15 is 0 Å². The van der Waals surface area contributed by atoms with Crippen LogP contribution in [0.4, 0.5) is 8.78 Å². The topological polar surface area (TPSA) is 20.2 Å². The molecule has 0 bridgehead atoms. The molecule has 0 saturated carbocycles. The zero-order valence-corrected chi connectivity index (χ0v) is 8.45. The van der Waals surface area contributed by atoms with Crippen LogP contribution in [0.5, 0.6) is 0 Å². The van der Waals surface area contributed by atoms with Gasteiger partial charge in [0.2, 0.25) is 0 Å². The second-order valence-corrected chi connectivity index (χ2v) is 3.47. The SMILES string of the molecule is OCc1ccccc1-c1cc(F)cc(F)c1. The number of benzene rings is 2. The Morgan fingerprint density at radius 3 is 2.19 bits per heavy atom. The lowest BCUT2D eigenvalue weighted by molar-refractivity contribution is 0.282. The smallest absolute Gasteiger partial charge is 0.126 e. The molecule has 2 aromatic carbocycles. The summed E-state index contributed by atoms with van der Waals surface area (Å²) in [6.45, 7) is -0.158. The highest BCUT2D eigenvalue weighted by molar-refractivity contribution is 5.67. The number of hydrogen-bond acceptors (Lipinski definition) is 1. The third-order valence-corrected chi connectivity index (χ3v) is 2.36. The van der Waals surface area contributed by atoms with Gasteiger partial charge in [-0.3, -0.25) is 0 Å². The van der Waals surface area contributed by atoms with Gasteiger partial charge in [0.05, 0.1) is 6.61 Å². The molecule has 0 aliphatic carbocycles. The zero-order valence-electron chi connectivity index (χ0n) is 8.45. The van der Waals surface area contributed by atoms with Crippen molar-refractivity contribution in [2.24, 2.45) is 0 Å². The Labute approximate surface area is 92.0 Å². The number of hydrogen-bond donors (Lipinski definition) is 1. The highest BCUT2D eigenvalue weighted by Crippen LogP contribution is 2.25. The van der Waals surface area contributed by atoms with Gasteiger partial charge in [-0.25, -0.2) is 8.78 Å². The van der Waals surface area contributed by atoms with Gasteiger partial charge in [-0.2, -0.15) is 0 Å². The lowest BCUT2D eigenvalue weighted by atomic mass is 10.00. The average Bonchev–Trinajstić information content (AvgIpc) is 2.27. The van der Waals surface area contributed by atoms with E-state index in [-0.39, 0.29) is 6.61 Å². The van der Waals surface area contributed by atoms with Gasteiger partial charge >= 0.3 is 0 Å². The second-order valence-electron chi connectivity index (χ2n) is 3.47. The van der Waals surface area contributed by atoms with E-state index in [2.05, 4.69) is 0 Å². The monoisotopic (exact) mass is 220 g/mol. The summed E-state index contributed by atoms with van der Waals surface area (Å²) in [5.41, 5.74) is 1.72. The van der Waals surface area contributed by atoms with Gasteiger partial charge in [0.1, 0.15) is 11.6 Å². The molecular formula is C13H10F2O. The first-order chi connectivity index (χ1) is 7.70. The highest BCUT2D eigenvalue weighted by atomic mass is 19.1. The van der Waals surface area contributed by atoms with E-state index in [1.54, 1.807) is 24.3 Å². The maximum Gasteiger partial charge on any atom is 0.126 e. The van der Waals surface area contributed by atoms with Crippen LogP contribution in [0.15, 0.2) is 42.5 Å². The number of rotatable bonds is 2. The van der Waals surface area contributed by atoms with Crippen LogP contribution in [-0.4, -0.2) is 5.11 Å². The van der Waals surface area contributed by atoms with Crippen molar-refractivity contribution in [3.63, 3.8) is 0 Å². The normalized spacial score (nSPS) is 10.4. The van der Waals surface area contributed by atoms with Crippen LogP contribution in [0.25, 0.3) is 11.1 Å². The van der Waals surface area contributed by atoms with E-state index in [4.69, 9.17) is 5.11 Å². The van der Waals surface area contributed by atoms with E-state index < -0.39 is 11.6 Å². The summed E-state index contributed by atoms with van der Waals surface area (Å²) in [5, 5.41) is 9.13. The molecule has 82 valence electrons. The summed E-state index contributed by atoms with van der Waals surface area (Å²) in [5.74, 6) is -1.24. The Morgan fingerprint density at radius 2 is 1.56 bits per heavy atom. The van der Waals surface area contributed by atoms with Crippen molar-refractivity contribution < 1.29 is 13.9 Å². The van der Waals surface area contributed by atoms with Gasteiger partial charge in [-0.05, 0) is 28.8 Å². The summed E-state index contributed by atoms with van der Waals surface area (Å²) >= 11 is 0.